The van der Waals surface area contributed by atoms with Gasteiger partial charge in [-0.15, -0.1) is 0 Å². The third-order valence-corrected chi connectivity index (χ3v) is 4.16. The van der Waals surface area contributed by atoms with Crippen molar-refractivity contribution in [2.24, 2.45) is 0 Å². The average Bonchev–Trinajstić information content (AvgIpc) is 2.59. The van der Waals surface area contributed by atoms with Crippen molar-refractivity contribution in [2.45, 2.75) is 13.3 Å². The molecule has 0 aliphatic carbocycles. The Labute approximate surface area is 167 Å². The molecule has 0 saturated carbocycles. The lowest BCUT2D eigenvalue weighted by atomic mass is 10.3. The SMILES string of the molecule is CCCN(CC(=O)Nc1ccc(F)cc1)CC(=O)Nc1ccc(Cl)cc1Cl. The van der Waals surface area contributed by atoms with E-state index in [-0.39, 0.29) is 30.7 Å². The van der Waals surface area contributed by atoms with Crippen LogP contribution in [0.1, 0.15) is 13.3 Å². The first-order valence-electron chi connectivity index (χ1n) is 8.40. The van der Waals surface area contributed by atoms with Gasteiger partial charge in [-0.2, -0.15) is 0 Å². The number of hydrogen-bond donors (Lipinski definition) is 2. The maximum absolute atomic E-state index is 12.9. The molecule has 0 unspecified atom stereocenters. The average molecular weight is 412 g/mol. The molecule has 0 aromatic heterocycles. The van der Waals surface area contributed by atoms with Gasteiger partial charge in [0.25, 0.3) is 0 Å². The highest BCUT2D eigenvalue weighted by Crippen LogP contribution is 2.25. The van der Waals surface area contributed by atoms with E-state index in [9.17, 15) is 14.0 Å². The van der Waals surface area contributed by atoms with E-state index in [0.29, 0.717) is 28.0 Å². The Morgan fingerprint density at radius 3 is 2.22 bits per heavy atom. The van der Waals surface area contributed by atoms with Crippen LogP contribution in [0.15, 0.2) is 42.5 Å². The normalized spacial score (nSPS) is 10.7. The molecule has 0 radical (unpaired) electrons. The highest BCUT2D eigenvalue weighted by molar-refractivity contribution is 6.36. The number of halogens is 3. The predicted molar refractivity (Wildman–Crippen MR) is 107 cm³/mol. The second-order valence-electron chi connectivity index (χ2n) is 5.94. The Morgan fingerprint density at radius 2 is 1.63 bits per heavy atom. The smallest absolute Gasteiger partial charge is 0.238 e. The van der Waals surface area contributed by atoms with Gasteiger partial charge in [0, 0.05) is 10.7 Å². The monoisotopic (exact) mass is 411 g/mol. The van der Waals surface area contributed by atoms with E-state index in [2.05, 4.69) is 10.6 Å². The van der Waals surface area contributed by atoms with Gasteiger partial charge < -0.3 is 10.6 Å². The number of nitrogens with zero attached hydrogens (tertiary/aromatic N) is 1. The minimum Gasteiger partial charge on any atom is -0.325 e. The fraction of sp³-hybridized carbons (Fsp3) is 0.263. The number of anilines is 2. The van der Waals surface area contributed by atoms with Crippen LogP contribution in [0.5, 0.6) is 0 Å². The molecule has 0 atom stereocenters. The Balaban J connectivity index is 1.92. The summed E-state index contributed by atoms with van der Waals surface area (Å²) in [6.07, 6.45) is 0.777. The summed E-state index contributed by atoms with van der Waals surface area (Å²) in [7, 11) is 0. The van der Waals surface area contributed by atoms with Gasteiger partial charge in [-0.25, -0.2) is 4.39 Å². The second kappa shape index (κ2) is 10.3. The quantitative estimate of drug-likeness (QED) is 0.675. The molecule has 2 rings (SSSR count). The Hall–Kier alpha value is -2.15. The maximum Gasteiger partial charge on any atom is 0.238 e. The third-order valence-electron chi connectivity index (χ3n) is 3.61. The summed E-state index contributed by atoms with van der Waals surface area (Å²) in [5.74, 6) is -0.951. The molecule has 8 heteroatoms. The van der Waals surface area contributed by atoms with Crippen LogP contribution in [0.3, 0.4) is 0 Å². The molecule has 0 aliphatic rings. The summed E-state index contributed by atoms with van der Waals surface area (Å²) < 4.78 is 12.9. The van der Waals surface area contributed by atoms with Crippen LogP contribution >= 0.6 is 23.2 Å². The summed E-state index contributed by atoms with van der Waals surface area (Å²) in [5, 5.41) is 6.21. The van der Waals surface area contributed by atoms with Crippen LogP contribution in [-0.2, 0) is 9.59 Å². The molecule has 0 spiro atoms. The van der Waals surface area contributed by atoms with Crippen molar-refractivity contribution in [2.75, 3.05) is 30.3 Å². The Morgan fingerprint density at radius 1 is 1.00 bits per heavy atom. The second-order valence-corrected chi connectivity index (χ2v) is 6.78. The number of benzene rings is 2. The van der Waals surface area contributed by atoms with Crippen LogP contribution < -0.4 is 10.6 Å². The van der Waals surface area contributed by atoms with Crippen molar-refractivity contribution < 1.29 is 14.0 Å². The third kappa shape index (κ3) is 7.17. The van der Waals surface area contributed by atoms with Gasteiger partial charge >= 0.3 is 0 Å². The Bertz CT molecular complexity index is 800. The molecule has 2 aromatic rings. The zero-order valence-corrected chi connectivity index (χ0v) is 16.3. The fourth-order valence-corrected chi connectivity index (χ4v) is 2.91. The zero-order chi connectivity index (χ0) is 19.8. The van der Waals surface area contributed by atoms with Crippen molar-refractivity contribution in [3.63, 3.8) is 0 Å². The topological polar surface area (TPSA) is 61.4 Å². The van der Waals surface area contributed by atoms with Gasteiger partial charge in [-0.05, 0) is 55.4 Å². The van der Waals surface area contributed by atoms with E-state index in [1.54, 1.807) is 23.1 Å². The molecule has 2 aromatic carbocycles. The lowest BCUT2D eigenvalue weighted by molar-refractivity contribution is -0.120. The number of rotatable bonds is 8. The molecule has 0 fully saturated rings. The molecule has 0 aliphatic heterocycles. The minimum atomic E-state index is -0.377. The number of hydrogen-bond acceptors (Lipinski definition) is 3. The standard InChI is InChI=1S/C19H20Cl2FN3O2/c1-2-9-25(11-18(26)23-15-6-4-14(22)5-7-15)12-19(27)24-17-8-3-13(20)10-16(17)21/h3-8,10H,2,9,11-12H2,1H3,(H,23,26)(H,24,27). The summed E-state index contributed by atoms with van der Waals surface area (Å²) in [6.45, 7) is 2.59. The van der Waals surface area contributed by atoms with Crippen LogP contribution in [-0.4, -0.2) is 36.3 Å². The van der Waals surface area contributed by atoms with Crippen molar-refractivity contribution in [3.05, 3.63) is 58.3 Å². The molecule has 0 heterocycles. The molecule has 0 bridgehead atoms. The highest BCUT2D eigenvalue weighted by atomic mass is 35.5. The first kappa shape index (κ1) is 21.2. The number of carbonyl (C=O) groups excluding carboxylic acids is 2. The molecular weight excluding hydrogens is 392 g/mol. The van der Waals surface area contributed by atoms with E-state index in [1.807, 2.05) is 6.92 Å². The van der Waals surface area contributed by atoms with Crippen molar-refractivity contribution in [3.8, 4) is 0 Å². The van der Waals surface area contributed by atoms with Crippen molar-refractivity contribution in [1.82, 2.24) is 4.90 Å². The first-order valence-corrected chi connectivity index (χ1v) is 9.15. The van der Waals surface area contributed by atoms with Gasteiger partial charge in [0.05, 0.1) is 23.8 Å². The van der Waals surface area contributed by atoms with Crippen molar-refractivity contribution in [1.29, 1.82) is 0 Å². The first-order chi connectivity index (χ1) is 12.9. The molecular formula is C19H20Cl2FN3O2. The molecule has 5 nitrogen and oxygen atoms in total. The maximum atomic E-state index is 12.9. The van der Waals surface area contributed by atoms with Crippen LogP contribution in [0, 0.1) is 5.82 Å². The van der Waals surface area contributed by atoms with E-state index >= 15 is 0 Å². The van der Waals surface area contributed by atoms with Gasteiger partial charge in [0.2, 0.25) is 11.8 Å². The summed E-state index contributed by atoms with van der Waals surface area (Å²) in [4.78, 5) is 26.2. The predicted octanol–water partition coefficient (Wildman–Crippen LogP) is 4.42. The summed E-state index contributed by atoms with van der Waals surface area (Å²) in [5.41, 5.74) is 0.952. The molecule has 27 heavy (non-hydrogen) atoms. The van der Waals surface area contributed by atoms with Gasteiger partial charge in [-0.3, -0.25) is 14.5 Å². The van der Waals surface area contributed by atoms with E-state index < -0.39 is 0 Å². The lowest BCUT2D eigenvalue weighted by Gasteiger charge is -2.20. The summed E-state index contributed by atoms with van der Waals surface area (Å²) >= 11 is 11.9. The van der Waals surface area contributed by atoms with E-state index in [4.69, 9.17) is 23.2 Å². The molecule has 2 amide bonds. The van der Waals surface area contributed by atoms with Crippen LogP contribution in [0.2, 0.25) is 10.0 Å². The lowest BCUT2D eigenvalue weighted by Crippen LogP contribution is -2.39. The molecule has 144 valence electrons. The molecule has 0 saturated heterocycles. The van der Waals surface area contributed by atoms with E-state index in [0.717, 1.165) is 6.42 Å². The number of carbonyl (C=O) groups is 2. The largest absolute Gasteiger partial charge is 0.325 e. The fourth-order valence-electron chi connectivity index (χ4n) is 2.45. The number of nitrogens with one attached hydrogen (secondary N) is 2. The van der Waals surface area contributed by atoms with Gasteiger partial charge in [0.1, 0.15) is 5.82 Å². The van der Waals surface area contributed by atoms with Gasteiger partial charge in [-0.1, -0.05) is 30.1 Å². The summed E-state index contributed by atoms with van der Waals surface area (Å²) in [6, 6.07) is 10.3. The molecule has 2 N–H and O–H groups in total. The van der Waals surface area contributed by atoms with Crippen LogP contribution in [0.4, 0.5) is 15.8 Å². The van der Waals surface area contributed by atoms with Crippen LogP contribution in [0.25, 0.3) is 0 Å². The van der Waals surface area contributed by atoms with E-state index in [1.165, 1.54) is 24.3 Å². The highest BCUT2D eigenvalue weighted by Gasteiger charge is 2.15. The Kier molecular flexibility index (Phi) is 8.03. The zero-order valence-electron chi connectivity index (χ0n) is 14.8. The van der Waals surface area contributed by atoms with Gasteiger partial charge in [0.15, 0.2) is 0 Å². The minimum absolute atomic E-state index is 0.0314. The number of amides is 2. The van der Waals surface area contributed by atoms with Crippen molar-refractivity contribution >= 4 is 46.4 Å².